The third-order valence-corrected chi connectivity index (χ3v) is 3.79. The summed E-state index contributed by atoms with van der Waals surface area (Å²) < 4.78 is 7.33. The van der Waals surface area contributed by atoms with E-state index in [4.69, 9.17) is 4.74 Å². The Morgan fingerprint density at radius 1 is 1.22 bits per heavy atom. The molecule has 1 amide bonds. The first-order valence-corrected chi connectivity index (χ1v) is 8.64. The quantitative estimate of drug-likeness (QED) is 0.669. The number of aryl methyl sites for hydroxylation is 2. The molecule has 0 bridgehead atoms. The van der Waals surface area contributed by atoms with Gasteiger partial charge in [0, 0.05) is 18.8 Å². The minimum Gasteiger partial charge on any atom is -0.471 e. The Hall–Kier alpha value is -3.13. The van der Waals surface area contributed by atoms with Gasteiger partial charge in [-0.15, -0.1) is 0 Å². The Bertz CT molecular complexity index is 908. The molecule has 3 aromatic rings. The van der Waals surface area contributed by atoms with E-state index in [2.05, 4.69) is 26.7 Å². The lowest BCUT2D eigenvalue weighted by Crippen LogP contribution is -2.14. The second-order valence-electron chi connectivity index (χ2n) is 6.81. The summed E-state index contributed by atoms with van der Waals surface area (Å²) in [6.07, 6.45) is 1.71. The Morgan fingerprint density at radius 2 is 1.96 bits per heavy atom. The van der Waals surface area contributed by atoms with Crippen LogP contribution in [-0.2, 0) is 13.3 Å². The zero-order valence-corrected chi connectivity index (χ0v) is 16.0. The van der Waals surface area contributed by atoms with E-state index in [0.717, 1.165) is 22.6 Å². The third-order valence-electron chi connectivity index (χ3n) is 3.79. The molecule has 142 valence electrons. The lowest BCUT2D eigenvalue weighted by atomic mass is 10.1. The lowest BCUT2D eigenvalue weighted by molar-refractivity contribution is 0.102. The molecule has 0 saturated carbocycles. The molecule has 27 heavy (non-hydrogen) atoms. The molecule has 0 aliphatic carbocycles. The van der Waals surface area contributed by atoms with Crippen LogP contribution in [-0.4, -0.2) is 44.9 Å². The van der Waals surface area contributed by atoms with E-state index < -0.39 is 0 Å². The van der Waals surface area contributed by atoms with Crippen molar-refractivity contribution in [1.29, 1.82) is 0 Å². The van der Waals surface area contributed by atoms with Gasteiger partial charge in [-0.05, 0) is 57.3 Å². The van der Waals surface area contributed by atoms with Crippen molar-refractivity contribution in [2.75, 3.05) is 19.4 Å². The summed E-state index contributed by atoms with van der Waals surface area (Å²) in [7, 11) is 3.93. The number of carbonyl (C=O) groups is 1. The topological polar surface area (TPSA) is 88.1 Å². The van der Waals surface area contributed by atoms with Crippen LogP contribution in [0.2, 0.25) is 0 Å². The Balaban J connectivity index is 1.58. The highest BCUT2D eigenvalue weighted by molar-refractivity contribution is 6.02. The molecule has 8 nitrogen and oxygen atoms in total. The molecule has 1 aromatic carbocycles. The van der Waals surface area contributed by atoms with Gasteiger partial charge in [0.1, 0.15) is 5.75 Å². The molecule has 0 saturated heterocycles. The fraction of sp³-hybridized carbons (Fsp3) is 0.316. The van der Waals surface area contributed by atoms with E-state index in [0.29, 0.717) is 18.1 Å². The van der Waals surface area contributed by atoms with Gasteiger partial charge in [0.2, 0.25) is 0 Å². The van der Waals surface area contributed by atoms with E-state index in [-0.39, 0.29) is 12.6 Å². The molecule has 2 aromatic heterocycles. The zero-order chi connectivity index (χ0) is 19.4. The summed E-state index contributed by atoms with van der Waals surface area (Å²) in [4.78, 5) is 14.3. The van der Waals surface area contributed by atoms with Crippen molar-refractivity contribution in [1.82, 2.24) is 24.9 Å². The van der Waals surface area contributed by atoms with E-state index in [1.165, 1.54) is 0 Å². The molecule has 2 heterocycles. The van der Waals surface area contributed by atoms with Crippen LogP contribution in [0.1, 0.15) is 27.3 Å². The standard InChI is InChI=1S/C19H24N6O2/c1-13-7-14(2)9-16(8-13)27-12-25-6-5-17(23-25)19(26)20-18-10-15(21-22-18)11-24(3)4/h5-10H,11-12H2,1-4H3,(H2,20,21,22,26). The van der Waals surface area contributed by atoms with Crippen LogP contribution in [0.25, 0.3) is 0 Å². The molecule has 0 unspecified atom stereocenters. The number of amides is 1. The number of hydrogen-bond donors (Lipinski definition) is 2. The maximum atomic E-state index is 12.3. The summed E-state index contributed by atoms with van der Waals surface area (Å²) in [6.45, 7) is 4.99. The van der Waals surface area contributed by atoms with Crippen LogP contribution in [0.5, 0.6) is 5.75 Å². The fourth-order valence-electron chi connectivity index (χ4n) is 2.74. The van der Waals surface area contributed by atoms with Crippen molar-refractivity contribution in [2.24, 2.45) is 0 Å². The minimum atomic E-state index is -0.317. The van der Waals surface area contributed by atoms with Crippen LogP contribution in [0.3, 0.4) is 0 Å². The monoisotopic (exact) mass is 368 g/mol. The number of ether oxygens (including phenoxy) is 1. The number of aromatic amines is 1. The summed E-state index contributed by atoms with van der Waals surface area (Å²) in [5.41, 5.74) is 3.50. The highest BCUT2D eigenvalue weighted by Gasteiger charge is 2.12. The molecule has 2 N–H and O–H groups in total. The molecular formula is C19H24N6O2. The van der Waals surface area contributed by atoms with Gasteiger partial charge in [0.05, 0.1) is 5.69 Å². The maximum absolute atomic E-state index is 12.3. The number of rotatable bonds is 7. The first-order valence-electron chi connectivity index (χ1n) is 8.64. The van der Waals surface area contributed by atoms with Crippen molar-refractivity contribution in [3.63, 3.8) is 0 Å². The zero-order valence-electron chi connectivity index (χ0n) is 16.0. The second-order valence-corrected chi connectivity index (χ2v) is 6.81. The third kappa shape index (κ3) is 5.18. The molecule has 0 atom stereocenters. The number of nitrogens with one attached hydrogen (secondary N) is 2. The van der Waals surface area contributed by atoms with Crippen LogP contribution in [0.4, 0.5) is 5.82 Å². The van der Waals surface area contributed by atoms with Crippen molar-refractivity contribution in [3.8, 4) is 5.75 Å². The largest absolute Gasteiger partial charge is 0.471 e. The summed E-state index contributed by atoms with van der Waals surface area (Å²) >= 11 is 0. The average Bonchev–Trinajstić information content (AvgIpc) is 3.21. The summed E-state index contributed by atoms with van der Waals surface area (Å²) in [5.74, 6) is 0.930. The van der Waals surface area contributed by atoms with E-state index in [9.17, 15) is 4.79 Å². The number of benzene rings is 1. The fourth-order valence-corrected chi connectivity index (χ4v) is 2.74. The van der Waals surface area contributed by atoms with Crippen LogP contribution in [0, 0.1) is 13.8 Å². The molecule has 0 fully saturated rings. The lowest BCUT2D eigenvalue weighted by Gasteiger charge is -2.08. The number of aromatic nitrogens is 4. The van der Waals surface area contributed by atoms with Gasteiger partial charge in [-0.1, -0.05) is 6.07 Å². The number of H-pyrrole nitrogens is 1. The summed E-state index contributed by atoms with van der Waals surface area (Å²) in [5, 5.41) is 14.0. The van der Waals surface area contributed by atoms with Crippen molar-refractivity contribution in [2.45, 2.75) is 27.1 Å². The minimum absolute atomic E-state index is 0.228. The van der Waals surface area contributed by atoms with Gasteiger partial charge in [-0.25, -0.2) is 4.68 Å². The highest BCUT2D eigenvalue weighted by atomic mass is 16.5. The Kier molecular flexibility index (Phi) is 5.56. The highest BCUT2D eigenvalue weighted by Crippen LogP contribution is 2.16. The van der Waals surface area contributed by atoms with Gasteiger partial charge in [0.25, 0.3) is 5.91 Å². The second kappa shape index (κ2) is 8.05. The first kappa shape index (κ1) is 18.7. The normalized spacial score (nSPS) is 11.0. The number of anilines is 1. The van der Waals surface area contributed by atoms with Crippen molar-refractivity contribution in [3.05, 3.63) is 59.0 Å². The molecule has 0 aliphatic rings. The summed E-state index contributed by atoms with van der Waals surface area (Å²) in [6, 6.07) is 9.47. The van der Waals surface area contributed by atoms with Gasteiger partial charge in [0.15, 0.2) is 18.2 Å². The Labute approximate surface area is 158 Å². The maximum Gasteiger partial charge on any atom is 0.277 e. The SMILES string of the molecule is Cc1cc(C)cc(OCn2ccc(C(=O)Nc3cc(CN(C)C)[nH]n3)n2)c1. The number of hydrogen-bond acceptors (Lipinski definition) is 5. The molecule has 3 rings (SSSR count). The van der Waals surface area contributed by atoms with Gasteiger partial charge in [-0.2, -0.15) is 10.2 Å². The average molecular weight is 368 g/mol. The smallest absolute Gasteiger partial charge is 0.277 e. The molecule has 0 spiro atoms. The van der Waals surface area contributed by atoms with Crippen LogP contribution >= 0.6 is 0 Å². The van der Waals surface area contributed by atoms with Crippen molar-refractivity contribution < 1.29 is 9.53 Å². The number of carbonyl (C=O) groups excluding carboxylic acids is 1. The van der Waals surface area contributed by atoms with Gasteiger partial charge in [-0.3, -0.25) is 9.89 Å². The predicted molar refractivity (Wildman–Crippen MR) is 103 cm³/mol. The molecule has 0 aliphatic heterocycles. The van der Waals surface area contributed by atoms with E-state index >= 15 is 0 Å². The predicted octanol–water partition coefficient (Wildman–Crippen LogP) is 2.57. The Morgan fingerprint density at radius 3 is 2.67 bits per heavy atom. The van der Waals surface area contributed by atoms with Gasteiger partial charge < -0.3 is 15.0 Å². The van der Waals surface area contributed by atoms with Crippen molar-refractivity contribution >= 4 is 11.7 Å². The first-order chi connectivity index (χ1) is 12.9. The van der Waals surface area contributed by atoms with E-state index in [1.807, 2.05) is 45.0 Å². The molecule has 8 heteroatoms. The number of nitrogens with zero attached hydrogens (tertiary/aromatic N) is 4. The molecule has 0 radical (unpaired) electrons. The van der Waals surface area contributed by atoms with E-state index in [1.54, 1.807) is 23.0 Å². The van der Waals surface area contributed by atoms with Gasteiger partial charge >= 0.3 is 0 Å². The molecular weight excluding hydrogens is 344 g/mol. The van der Waals surface area contributed by atoms with Crippen LogP contribution < -0.4 is 10.1 Å². The van der Waals surface area contributed by atoms with Crippen LogP contribution in [0.15, 0.2) is 36.5 Å².